The molecule has 0 saturated heterocycles. The monoisotopic (exact) mass is 236 g/mol. The minimum atomic E-state index is 0.614. The van der Waals surface area contributed by atoms with Gasteiger partial charge >= 0.3 is 0 Å². The van der Waals surface area contributed by atoms with Gasteiger partial charge in [0.05, 0.1) is 0 Å². The van der Waals surface area contributed by atoms with E-state index in [4.69, 9.17) is 0 Å². The third kappa shape index (κ3) is 4.00. The van der Waals surface area contributed by atoms with Gasteiger partial charge in [0.25, 0.3) is 0 Å². The van der Waals surface area contributed by atoms with E-state index in [1.54, 1.807) is 0 Å². The van der Waals surface area contributed by atoms with E-state index in [9.17, 15) is 0 Å². The average molecular weight is 236 g/mol. The van der Waals surface area contributed by atoms with Crippen LogP contribution in [0.15, 0.2) is 0 Å². The molecule has 17 heavy (non-hydrogen) atoms. The highest BCUT2D eigenvalue weighted by Gasteiger charge is 2.33. The first-order valence-electron chi connectivity index (χ1n) is 7.94. The lowest BCUT2D eigenvalue weighted by Gasteiger charge is -2.41. The first-order valence-corrected chi connectivity index (χ1v) is 7.94. The molecule has 0 heteroatoms. The summed E-state index contributed by atoms with van der Waals surface area (Å²) in [6, 6.07) is 0. The third-order valence-electron chi connectivity index (χ3n) is 5.19. The molecule has 0 heterocycles. The summed E-state index contributed by atoms with van der Waals surface area (Å²) >= 11 is 0. The Bertz CT molecular complexity index is 240. The molecule has 2 rings (SSSR count). The molecule has 0 radical (unpaired) electrons. The van der Waals surface area contributed by atoms with Gasteiger partial charge in [0, 0.05) is 0 Å². The maximum Gasteiger partial charge on any atom is -0.0349 e. The van der Waals surface area contributed by atoms with Crippen LogP contribution in [0.2, 0.25) is 0 Å². The summed E-state index contributed by atoms with van der Waals surface area (Å²) in [4.78, 5) is 0. The van der Waals surface area contributed by atoms with Crippen molar-refractivity contribution in [2.45, 2.75) is 79.1 Å². The van der Waals surface area contributed by atoms with Crippen LogP contribution in [0.4, 0.5) is 0 Å². The summed E-state index contributed by atoms with van der Waals surface area (Å²) in [7, 11) is 0. The Kier molecular flexibility index (Phi) is 4.21. The first-order chi connectivity index (χ1) is 7.94. The number of hydrogen-bond acceptors (Lipinski definition) is 0. The quantitative estimate of drug-likeness (QED) is 0.580. The molecule has 0 bridgehead atoms. The molecule has 0 aliphatic heterocycles. The Balaban J connectivity index is 1.85. The molecule has 0 aromatic carbocycles. The van der Waals surface area contributed by atoms with Crippen LogP contribution < -0.4 is 0 Å². The van der Waals surface area contributed by atoms with Gasteiger partial charge in [-0.25, -0.2) is 0 Å². The second kappa shape index (κ2) is 5.33. The highest BCUT2D eigenvalue weighted by molar-refractivity contribution is 4.84. The van der Waals surface area contributed by atoms with Crippen molar-refractivity contribution < 1.29 is 0 Å². The molecule has 0 aromatic rings. The van der Waals surface area contributed by atoms with Crippen molar-refractivity contribution in [3.63, 3.8) is 0 Å². The van der Waals surface area contributed by atoms with Crippen LogP contribution in [0.25, 0.3) is 0 Å². The fourth-order valence-corrected chi connectivity index (χ4v) is 4.97. The maximum atomic E-state index is 2.49. The molecule has 0 amide bonds. The van der Waals surface area contributed by atoms with Gasteiger partial charge in [-0.05, 0) is 61.2 Å². The van der Waals surface area contributed by atoms with Crippen LogP contribution >= 0.6 is 0 Å². The van der Waals surface area contributed by atoms with Gasteiger partial charge in [0.15, 0.2) is 0 Å². The van der Waals surface area contributed by atoms with Crippen LogP contribution in [0.5, 0.6) is 0 Å². The predicted octanol–water partition coefficient (Wildman–Crippen LogP) is 5.67. The van der Waals surface area contributed by atoms with Gasteiger partial charge in [-0.1, -0.05) is 47.0 Å². The van der Waals surface area contributed by atoms with Crippen molar-refractivity contribution in [1.82, 2.24) is 0 Å². The van der Waals surface area contributed by atoms with Crippen molar-refractivity contribution in [2.24, 2.45) is 29.1 Å². The highest BCUT2D eigenvalue weighted by atomic mass is 14.4. The zero-order valence-electron chi connectivity index (χ0n) is 12.5. The molecule has 0 N–H and O–H groups in total. The largest absolute Gasteiger partial charge is 0.0625 e. The summed E-state index contributed by atoms with van der Waals surface area (Å²) in [5.41, 5.74) is 0.614. The van der Waals surface area contributed by atoms with Gasteiger partial charge < -0.3 is 0 Å². The highest BCUT2D eigenvalue weighted by Crippen LogP contribution is 2.45. The van der Waals surface area contributed by atoms with Gasteiger partial charge in [0.2, 0.25) is 0 Å². The van der Waals surface area contributed by atoms with E-state index < -0.39 is 0 Å². The van der Waals surface area contributed by atoms with E-state index in [2.05, 4.69) is 27.7 Å². The van der Waals surface area contributed by atoms with Gasteiger partial charge in [-0.15, -0.1) is 0 Å². The van der Waals surface area contributed by atoms with Crippen molar-refractivity contribution in [3.8, 4) is 0 Å². The van der Waals surface area contributed by atoms with Crippen molar-refractivity contribution >= 4 is 0 Å². The normalized spacial score (nSPS) is 42.4. The Hall–Kier alpha value is 0. The van der Waals surface area contributed by atoms with E-state index in [0.717, 1.165) is 23.7 Å². The molecule has 2 aliphatic rings. The standard InChI is InChI=1S/C17H32/c1-13-6-5-7-15(8-13)10-16-9-14(2)11-17(3,4)12-16/h13-16H,5-12H2,1-4H3. The minimum Gasteiger partial charge on any atom is -0.0625 e. The summed E-state index contributed by atoms with van der Waals surface area (Å²) in [6.07, 6.45) is 12.0. The SMILES string of the molecule is CC1CCCC(CC2CC(C)CC(C)(C)C2)C1. The molecular formula is C17H32. The fourth-order valence-electron chi connectivity index (χ4n) is 4.97. The second-order valence-corrected chi connectivity index (χ2v) is 8.15. The molecule has 2 aliphatic carbocycles. The summed E-state index contributed by atoms with van der Waals surface area (Å²) in [5, 5.41) is 0. The Labute approximate surface area is 109 Å². The lowest BCUT2D eigenvalue weighted by Crippen LogP contribution is -2.29. The Morgan fingerprint density at radius 1 is 0.882 bits per heavy atom. The molecule has 4 unspecified atom stereocenters. The Morgan fingerprint density at radius 3 is 2.24 bits per heavy atom. The molecular weight excluding hydrogens is 204 g/mol. The summed E-state index contributed by atoms with van der Waals surface area (Å²) in [5.74, 6) is 4.06. The van der Waals surface area contributed by atoms with Crippen LogP contribution in [-0.2, 0) is 0 Å². The minimum absolute atomic E-state index is 0.614. The summed E-state index contributed by atoms with van der Waals surface area (Å²) < 4.78 is 0. The molecule has 4 atom stereocenters. The zero-order chi connectivity index (χ0) is 12.5. The predicted molar refractivity (Wildman–Crippen MR) is 76.0 cm³/mol. The average Bonchev–Trinajstić information content (AvgIpc) is 2.13. The fraction of sp³-hybridized carbons (Fsp3) is 1.00. The van der Waals surface area contributed by atoms with Crippen molar-refractivity contribution in [2.75, 3.05) is 0 Å². The maximum absolute atomic E-state index is 2.49. The summed E-state index contributed by atoms with van der Waals surface area (Å²) in [6.45, 7) is 9.90. The number of hydrogen-bond donors (Lipinski definition) is 0. The van der Waals surface area contributed by atoms with Crippen molar-refractivity contribution in [3.05, 3.63) is 0 Å². The lowest BCUT2D eigenvalue weighted by atomic mass is 9.65. The second-order valence-electron chi connectivity index (χ2n) is 8.15. The van der Waals surface area contributed by atoms with E-state index >= 15 is 0 Å². The van der Waals surface area contributed by atoms with E-state index in [1.165, 1.54) is 51.4 Å². The van der Waals surface area contributed by atoms with Gasteiger partial charge in [-0.2, -0.15) is 0 Å². The topological polar surface area (TPSA) is 0 Å². The van der Waals surface area contributed by atoms with Crippen LogP contribution in [0.1, 0.15) is 79.1 Å². The van der Waals surface area contributed by atoms with Crippen LogP contribution in [0, 0.1) is 29.1 Å². The van der Waals surface area contributed by atoms with Crippen molar-refractivity contribution in [1.29, 1.82) is 0 Å². The molecule has 0 spiro atoms. The molecule has 2 fully saturated rings. The molecule has 100 valence electrons. The molecule has 0 aromatic heterocycles. The number of rotatable bonds is 2. The third-order valence-corrected chi connectivity index (χ3v) is 5.19. The molecule has 2 saturated carbocycles. The first kappa shape index (κ1) is 13.4. The van der Waals surface area contributed by atoms with Gasteiger partial charge in [-0.3, -0.25) is 0 Å². The smallest absolute Gasteiger partial charge is 0.0349 e. The molecule has 0 nitrogen and oxygen atoms in total. The van der Waals surface area contributed by atoms with Gasteiger partial charge in [0.1, 0.15) is 0 Å². The van der Waals surface area contributed by atoms with Crippen LogP contribution in [0.3, 0.4) is 0 Å². The lowest BCUT2D eigenvalue weighted by molar-refractivity contribution is 0.105. The van der Waals surface area contributed by atoms with E-state index in [0.29, 0.717) is 5.41 Å². The van der Waals surface area contributed by atoms with E-state index in [-0.39, 0.29) is 0 Å². The van der Waals surface area contributed by atoms with Crippen LogP contribution in [-0.4, -0.2) is 0 Å². The zero-order valence-corrected chi connectivity index (χ0v) is 12.5. The van der Waals surface area contributed by atoms with E-state index in [1.807, 2.05) is 0 Å². The Morgan fingerprint density at radius 2 is 1.59 bits per heavy atom.